The lowest BCUT2D eigenvalue weighted by atomic mass is 9.98. The van der Waals surface area contributed by atoms with E-state index in [4.69, 9.17) is 0 Å². The number of rotatable bonds is 3. The lowest BCUT2D eigenvalue weighted by Crippen LogP contribution is -2.00. The van der Waals surface area contributed by atoms with Gasteiger partial charge in [-0.2, -0.15) is 0 Å². The second-order valence-corrected chi connectivity index (χ2v) is 3.08. The van der Waals surface area contributed by atoms with E-state index in [1.807, 2.05) is 0 Å². The third-order valence-electron chi connectivity index (χ3n) is 1.97. The standard InChI is InChI=1S/C10H11F3/c1-7(6-10(12)13)8-2-4-9(11)5-3-8/h2-5,7,10H,6H2,1H3. The number of alkyl halides is 2. The molecule has 13 heavy (non-hydrogen) atoms. The highest BCUT2D eigenvalue weighted by atomic mass is 19.3. The molecule has 0 aliphatic carbocycles. The molecule has 0 bridgehead atoms. The molecule has 0 aliphatic heterocycles. The van der Waals surface area contributed by atoms with E-state index in [0.717, 1.165) is 5.56 Å². The van der Waals surface area contributed by atoms with Crippen LogP contribution in [0.4, 0.5) is 13.2 Å². The molecular weight excluding hydrogens is 177 g/mol. The van der Waals surface area contributed by atoms with E-state index in [-0.39, 0.29) is 18.2 Å². The molecule has 1 aromatic rings. The molecule has 0 amide bonds. The normalized spacial score (nSPS) is 13.3. The summed E-state index contributed by atoms with van der Waals surface area (Å²) in [7, 11) is 0. The number of hydrogen-bond donors (Lipinski definition) is 0. The van der Waals surface area contributed by atoms with Crippen LogP contribution in [-0.2, 0) is 0 Å². The second kappa shape index (κ2) is 4.30. The molecule has 1 atom stereocenters. The van der Waals surface area contributed by atoms with Gasteiger partial charge in [0.15, 0.2) is 0 Å². The molecule has 0 aromatic heterocycles. The summed E-state index contributed by atoms with van der Waals surface area (Å²) in [4.78, 5) is 0. The molecule has 0 spiro atoms. The summed E-state index contributed by atoms with van der Waals surface area (Å²) < 4.78 is 36.4. The maximum atomic E-state index is 12.5. The van der Waals surface area contributed by atoms with E-state index < -0.39 is 6.43 Å². The predicted octanol–water partition coefficient (Wildman–Crippen LogP) is 3.58. The summed E-state index contributed by atoms with van der Waals surface area (Å²) in [5.41, 5.74) is 0.752. The van der Waals surface area contributed by atoms with Gasteiger partial charge >= 0.3 is 0 Å². The van der Waals surface area contributed by atoms with Gasteiger partial charge in [-0.15, -0.1) is 0 Å². The summed E-state index contributed by atoms with van der Waals surface area (Å²) in [6, 6.07) is 5.67. The average molecular weight is 188 g/mol. The first-order valence-corrected chi connectivity index (χ1v) is 4.13. The summed E-state index contributed by atoms with van der Waals surface area (Å²) in [6.45, 7) is 1.71. The fourth-order valence-corrected chi connectivity index (χ4v) is 1.19. The van der Waals surface area contributed by atoms with Gasteiger partial charge in [-0.3, -0.25) is 0 Å². The summed E-state index contributed by atoms with van der Waals surface area (Å²) >= 11 is 0. The van der Waals surface area contributed by atoms with Crippen LogP contribution in [0.15, 0.2) is 24.3 Å². The lowest BCUT2D eigenvalue weighted by molar-refractivity contribution is 0.130. The largest absolute Gasteiger partial charge is 0.239 e. The highest BCUT2D eigenvalue weighted by molar-refractivity contribution is 5.19. The number of hydrogen-bond acceptors (Lipinski definition) is 0. The minimum atomic E-state index is -2.31. The maximum absolute atomic E-state index is 12.5. The van der Waals surface area contributed by atoms with E-state index >= 15 is 0 Å². The van der Waals surface area contributed by atoms with Crippen molar-refractivity contribution in [1.29, 1.82) is 0 Å². The minimum absolute atomic E-state index is 0.175. The van der Waals surface area contributed by atoms with E-state index in [9.17, 15) is 13.2 Å². The van der Waals surface area contributed by atoms with Gasteiger partial charge in [0.05, 0.1) is 0 Å². The van der Waals surface area contributed by atoms with Crippen LogP contribution in [0, 0.1) is 5.82 Å². The highest BCUT2D eigenvalue weighted by Gasteiger charge is 2.11. The molecule has 1 aromatic carbocycles. The second-order valence-electron chi connectivity index (χ2n) is 3.08. The summed E-state index contributed by atoms with van der Waals surface area (Å²) in [5.74, 6) is -0.561. The van der Waals surface area contributed by atoms with Crippen LogP contribution in [0.25, 0.3) is 0 Å². The molecule has 0 fully saturated rings. The summed E-state index contributed by atoms with van der Waals surface area (Å²) in [6.07, 6.45) is -2.48. The van der Waals surface area contributed by atoms with Crippen LogP contribution < -0.4 is 0 Å². The van der Waals surface area contributed by atoms with Gasteiger partial charge in [0.25, 0.3) is 0 Å². The fourth-order valence-electron chi connectivity index (χ4n) is 1.19. The van der Waals surface area contributed by atoms with Crippen molar-refractivity contribution in [3.63, 3.8) is 0 Å². The van der Waals surface area contributed by atoms with Crippen LogP contribution in [-0.4, -0.2) is 6.43 Å². The maximum Gasteiger partial charge on any atom is 0.239 e. The molecular formula is C10H11F3. The Morgan fingerprint density at radius 2 is 1.69 bits per heavy atom. The van der Waals surface area contributed by atoms with Crippen molar-refractivity contribution in [1.82, 2.24) is 0 Å². The fraction of sp³-hybridized carbons (Fsp3) is 0.400. The Morgan fingerprint density at radius 3 is 2.15 bits per heavy atom. The molecule has 0 nitrogen and oxygen atoms in total. The van der Waals surface area contributed by atoms with E-state index in [1.165, 1.54) is 12.1 Å². The smallest absolute Gasteiger partial charge is 0.211 e. The molecule has 0 radical (unpaired) electrons. The predicted molar refractivity (Wildman–Crippen MR) is 45.4 cm³/mol. The van der Waals surface area contributed by atoms with Crippen molar-refractivity contribution in [2.24, 2.45) is 0 Å². The van der Waals surface area contributed by atoms with Crippen molar-refractivity contribution in [2.75, 3.05) is 0 Å². The van der Waals surface area contributed by atoms with E-state index in [0.29, 0.717) is 0 Å². The quantitative estimate of drug-likeness (QED) is 0.680. The zero-order valence-electron chi connectivity index (χ0n) is 7.31. The van der Waals surface area contributed by atoms with Gasteiger partial charge < -0.3 is 0 Å². The molecule has 0 heterocycles. The van der Waals surface area contributed by atoms with Crippen molar-refractivity contribution in [3.05, 3.63) is 35.6 Å². The Kier molecular flexibility index (Phi) is 3.34. The molecule has 0 N–H and O–H groups in total. The van der Waals surface area contributed by atoms with Gasteiger partial charge in [0.1, 0.15) is 5.82 Å². The van der Waals surface area contributed by atoms with Crippen molar-refractivity contribution in [3.8, 4) is 0 Å². The number of benzene rings is 1. The van der Waals surface area contributed by atoms with Gasteiger partial charge in [-0.05, 0) is 23.6 Å². The van der Waals surface area contributed by atoms with E-state index in [1.54, 1.807) is 19.1 Å². The molecule has 0 saturated heterocycles. The topological polar surface area (TPSA) is 0 Å². The van der Waals surface area contributed by atoms with Crippen LogP contribution in [0.1, 0.15) is 24.8 Å². The third kappa shape index (κ3) is 3.09. The summed E-state index contributed by atoms with van der Waals surface area (Å²) in [5, 5.41) is 0. The van der Waals surface area contributed by atoms with Gasteiger partial charge in [-0.1, -0.05) is 19.1 Å². The minimum Gasteiger partial charge on any atom is -0.211 e. The molecule has 0 saturated carbocycles. The first-order valence-electron chi connectivity index (χ1n) is 4.13. The SMILES string of the molecule is CC(CC(F)F)c1ccc(F)cc1. The van der Waals surface area contributed by atoms with Gasteiger partial charge in [-0.25, -0.2) is 13.2 Å². The van der Waals surface area contributed by atoms with Gasteiger partial charge in [0.2, 0.25) is 6.43 Å². The molecule has 72 valence electrons. The lowest BCUT2D eigenvalue weighted by Gasteiger charge is -2.10. The van der Waals surface area contributed by atoms with Gasteiger partial charge in [0, 0.05) is 6.42 Å². The van der Waals surface area contributed by atoms with Crippen LogP contribution in [0.3, 0.4) is 0 Å². The first-order chi connectivity index (χ1) is 6.09. The average Bonchev–Trinajstić information content (AvgIpc) is 2.04. The monoisotopic (exact) mass is 188 g/mol. The Morgan fingerprint density at radius 1 is 1.15 bits per heavy atom. The molecule has 3 heteroatoms. The Balaban J connectivity index is 2.66. The Bertz CT molecular complexity index is 253. The van der Waals surface area contributed by atoms with E-state index in [2.05, 4.69) is 0 Å². The molecule has 0 aliphatic rings. The molecule has 1 unspecified atom stereocenters. The zero-order valence-corrected chi connectivity index (χ0v) is 7.31. The van der Waals surface area contributed by atoms with Crippen molar-refractivity contribution in [2.45, 2.75) is 25.7 Å². The highest BCUT2D eigenvalue weighted by Crippen LogP contribution is 2.22. The molecule has 1 rings (SSSR count). The Hall–Kier alpha value is -0.990. The van der Waals surface area contributed by atoms with Crippen molar-refractivity contribution >= 4 is 0 Å². The zero-order chi connectivity index (χ0) is 9.84. The Labute approximate surface area is 75.4 Å². The van der Waals surface area contributed by atoms with Crippen LogP contribution in [0.2, 0.25) is 0 Å². The van der Waals surface area contributed by atoms with Crippen LogP contribution in [0.5, 0.6) is 0 Å². The number of halogens is 3. The van der Waals surface area contributed by atoms with Crippen molar-refractivity contribution < 1.29 is 13.2 Å². The van der Waals surface area contributed by atoms with Crippen LogP contribution >= 0.6 is 0 Å². The third-order valence-corrected chi connectivity index (χ3v) is 1.97. The first kappa shape index (κ1) is 10.1.